The zero-order chi connectivity index (χ0) is 24.9. The summed E-state index contributed by atoms with van der Waals surface area (Å²) in [6, 6.07) is 10.1. The summed E-state index contributed by atoms with van der Waals surface area (Å²) in [5.41, 5.74) is 1.33. The molecule has 2 aliphatic rings. The number of hydrogen-bond donors (Lipinski definition) is 1. The van der Waals surface area contributed by atoms with Crippen LogP contribution in [-0.2, 0) is 16.2 Å². The predicted molar refractivity (Wildman–Crippen MR) is 136 cm³/mol. The van der Waals surface area contributed by atoms with Gasteiger partial charge in [0.2, 0.25) is 0 Å². The lowest BCUT2D eigenvalue weighted by atomic mass is 9.93. The van der Waals surface area contributed by atoms with E-state index in [1.165, 1.54) is 11.0 Å². The molecule has 35 heavy (non-hydrogen) atoms. The fourth-order valence-corrected chi connectivity index (χ4v) is 4.86. The summed E-state index contributed by atoms with van der Waals surface area (Å²) in [6.07, 6.45) is 5.90. The highest BCUT2D eigenvalue weighted by atomic mass is 79.9. The molecule has 4 amide bonds. The first-order valence-electron chi connectivity index (χ1n) is 11.6. The maximum atomic E-state index is 13.2. The third kappa shape index (κ3) is 5.87. The first-order chi connectivity index (χ1) is 16.9. The molecule has 0 bridgehead atoms. The molecule has 4 rings (SSSR count). The Hall–Kier alpha value is -2.84. The molecule has 1 N–H and O–H groups in total. The summed E-state index contributed by atoms with van der Waals surface area (Å²) < 4.78 is 12.7. The number of carbonyl (C=O) groups is 3. The lowest BCUT2D eigenvalue weighted by molar-refractivity contribution is -0.132. The van der Waals surface area contributed by atoms with Crippen molar-refractivity contribution in [2.24, 2.45) is 0 Å². The van der Waals surface area contributed by atoms with E-state index < -0.39 is 17.8 Å². The molecule has 2 aromatic rings. The number of hydrogen-bond acceptors (Lipinski definition) is 5. The van der Waals surface area contributed by atoms with Gasteiger partial charge in [-0.2, -0.15) is 0 Å². The Labute approximate surface area is 217 Å². The van der Waals surface area contributed by atoms with Crippen molar-refractivity contribution in [1.29, 1.82) is 0 Å². The highest BCUT2D eigenvalue weighted by Crippen LogP contribution is 2.38. The molecule has 0 spiro atoms. The molecule has 0 aromatic heterocycles. The van der Waals surface area contributed by atoms with Crippen molar-refractivity contribution >= 4 is 51.5 Å². The Morgan fingerprint density at radius 1 is 1.09 bits per heavy atom. The summed E-state index contributed by atoms with van der Waals surface area (Å²) in [6.45, 7) is 2.49. The van der Waals surface area contributed by atoms with E-state index in [-0.39, 0.29) is 23.2 Å². The van der Waals surface area contributed by atoms with Crippen LogP contribution in [0.3, 0.4) is 0 Å². The van der Waals surface area contributed by atoms with Gasteiger partial charge in [-0.05, 0) is 61.2 Å². The Bertz CT molecular complexity index is 1160. The van der Waals surface area contributed by atoms with Crippen molar-refractivity contribution in [3.63, 3.8) is 0 Å². The number of imide groups is 2. The van der Waals surface area contributed by atoms with Crippen LogP contribution in [-0.4, -0.2) is 35.4 Å². The molecule has 0 radical (unpaired) electrons. The van der Waals surface area contributed by atoms with E-state index >= 15 is 0 Å². The Morgan fingerprint density at radius 3 is 2.49 bits per heavy atom. The van der Waals surface area contributed by atoms with Crippen LogP contribution in [0.5, 0.6) is 11.5 Å². The average Bonchev–Trinajstić information content (AvgIpc) is 2.83. The molecule has 1 aliphatic heterocycles. The van der Waals surface area contributed by atoms with Crippen molar-refractivity contribution in [3.8, 4) is 11.5 Å². The molecule has 1 aliphatic carbocycles. The average molecular weight is 562 g/mol. The standard InChI is InChI=1S/C26H26BrClN2O5/c1-2-34-22-14-17(13-21(28)23(22)35-15-16-8-10-18(27)11-9-16)12-20-24(31)29-26(33)30(25(20)32)19-6-4-3-5-7-19/h8-14,19H,2-7,15H2,1H3,(H,29,31,33). The molecule has 7 nitrogen and oxygen atoms in total. The van der Waals surface area contributed by atoms with E-state index in [1.807, 2.05) is 31.2 Å². The van der Waals surface area contributed by atoms with Crippen molar-refractivity contribution in [3.05, 3.63) is 62.6 Å². The van der Waals surface area contributed by atoms with Crippen molar-refractivity contribution in [2.45, 2.75) is 51.7 Å². The third-order valence-corrected chi connectivity index (χ3v) is 6.82. The van der Waals surface area contributed by atoms with Crippen LogP contribution in [0, 0.1) is 0 Å². The number of halogens is 2. The van der Waals surface area contributed by atoms with Gasteiger partial charge in [-0.3, -0.25) is 19.8 Å². The van der Waals surface area contributed by atoms with Gasteiger partial charge in [-0.15, -0.1) is 0 Å². The third-order valence-electron chi connectivity index (χ3n) is 6.01. The fraction of sp³-hybridized carbons (Fsp3) is 0.346. The quantitative estimate of drug-likeness (QED) is 0.337. The number of ether oxygens (including phenoxy) is 2. The normalized spacial score (nSPS) is 18.1. The molecule has 9 heteroatoms. The van der Waals surface area contributed by atoms with E-state index in [0.29, 0.717) is 23.7 Å². The van der Waals surface area contributed by atoms with Gasteiger partial charge in [0.05, 0.1) is 11.6 Å². The van der Waals surface area contributed by atoms with E-state index in [9.17, 15) is 14.4 Å². The molecular formula is C26H26BrClN2O5. The zero-order valence-electron chi connectivity index (χ0n) is 19.3. The molecule has 1 heterocycles. The summed E-state index contributed by atoms with van der Waals surface area (Å²) in [5, 5.41) is 2.58. The highest BCUT2D eigenvalue weighted by molar-refractivity contribution is 9.10. The number of nitrogens with zero attached hydrogens (tertiary/aromatic N) is 1. The van der Waals surface area contributed by atoms with Crippen LogP contribution < -0.4 is 14.8 Å². The Morgan fingerprint density at radius 2 is 1.80 bits per heavy atom. The molecule has 0 unspecified atom stereocenters. The van der Waals surface area contributed by atoms with E-state index in [2.05, 4.69) is 21.2 Å². The van der Waals surface area contributed by atoms with Gasteiger partial charge in [0.25, 0.3) is 11.8 Å². The van der Waals surface area contributed by atoms with Crippen molar-refractivity contribution in [2.75, 3.05) is 6.61 Å². The number of nitrogens with one attached hydrogen (secondary N) is 1. The van der Waals surface area contributed by atoms with Crippen LogP contribution in [0.2, 0.25) is 5.02 Å². The first kappa shape index (κ1) is 25.3. The summed E-state index contributed by atoms with van der Waals surface area (Å²) >= 11 is 9.94. The zero-order valence-corrected chi connectivity index (χ0v) is 21.7. The molecule has 184 valence electrons. The SMILES string of the molecule is CCOc1cc(C=C2C(=O)NC(=O)N(C3CCCCC3)C2=O)cc(Cl)c1OCc1ccc(Br)cc1. The molecule has 1 saturated carbocycles. The monoisotopic (exact) mass is 560 g/mol. The second-order valence-electron chi connectivity index (χ2n) is 8.46. The number of barbiturate groups is 1. The number of rotatable bonds is 7. The minimum absolute atomic E-state index is 0.114. The predicted octanol–water partition coefficient (Wildman–Crippen LogP) is 5.87. The Balaban J connectivity index is 1.61. The summed E-state index contributed by atoms with van der Waals surface area (Å²) in [5.74, 6) is -0.545. The molecule has 2 fully saturated rings. The largest absolute Gasteiger partial charge is 0.490 e. The van der Waals surface area contributed by atoms with Gasteiger partial charge < -0.3 is 9.47 Å². The van der Waals surface area contributed by atoms with Crippen molar-refractivity contribution in [1.82, 2.24) is 10.2 Å². The van der Waals surface area contributed by atoms with Gasteiger partial charge in [0.1, 0.15) is 12.2 Å². The fourth-order valence-electron chi connectivity index (χ4n) is 4.32. The van der Waals surface area contributed by atoms with Crippen LogP contribution in [0.15, 0.2) is 46.4 Å². The first-order valence-corrected chi connectivity index (χ1v) is 12.8. The summed E-state index contributed by atoms with van der Waals surface area (Å²) in [7, 11) is 0. The topological polar surface area (TPSA) is 84.9 Å². The van der Waals surface area contributed by atoms with E-state index in [0.717, 1.165) is 42.1 Å². The second kappa shape index (κ2) is 11.3. The molecule has 0 atom stereocenters. The van der Waals surface area contributed by atoms with Gasteiger partial charge in [-0.1, -0.05) is 58.9 Å². The smallest absolute Gasteiger partial charge is 0.331 e. The molecule has 1 saturated heterocycles. The van der Waals surface area contributed by atoms with Gasteiger partial charge in [0.15, 0.2) is 11.5 Å². The van der Waals surface area contributed by atoms with Crippen LogP contribution in [0.25, 0.3) is 6.08 Å². The number of urea groups is 1. The minimum atomic E-state index is -0.725. The number of amides is 4. The van der Waals surface area contributed by atoms with Gasteiger partial charge in [0, 0.05) is 10.5 Å². The highest BCUT2D eigenvalue weighted by Gasteiger charge is 2.40. The number of carbonyl (C=O) groups excluding carboxylic acids is 3. The van der Waals surface area contributed by atoms with Crippen LogP contribution >= 0.6 is 27.5 Å². The maximum Gasteiger partial charge on any atom is 0.331 e. The molecule has 2 aromatic carbocycles. The van der Waals surface area contributed by atoms with Crippen molar-refractivity contribution < 1.29 is 23.9 Å². The number of benzene rings is 2. The van der Waals surface area contributed by atoms with Gasteiger partial charge in [-0.25, -0.2) is 4.79 Å². The summed E-state index contributed by atoms with van der Waals surface area (Å²) in [4.78, 5) is 39.4. The van der Waals surface area contributed by atoms with E-state index in [4.69, 9.17) is 21.1 Å². The second-order valence-corrected chi connectivity index (χ2v) is 9.79. The minimum Gasteiger partial charge on any atom is -0.490 e. The molecular weight excluding hydrogens is 536 g/mol. The maximum absolute atomic E-state index is 13.2. The van der Waals surface area contributed by atoms with Crippen LogP contribution in [0.4, 0.5) is 4.79 Å². The van der Waals surface area contributed by atoms with Gasteiger partial charge >= 0.3 is 6.03 Å². The lowest BCUT2D eigenvalue weighted by Gasteiger charge is -2.35. The van der Waals surface area contributed by atoms with Crippen LogP contribution in [0.1, 0.15) is 50.2 Å². The van der Waals surface area contributed by atoms with E-state index in [1.54, 1.807) is 12.1 Å². The Kier molecular flexibility index (Phi) is 8.13. The lowest BCUT2D eigenvalue weighted by Crippen LogP contribution is -2.58.